The highest BCUT2D eigenvalue weighted by atomic mass is 35.5. The first-order chi connectivity index (χ1) is 7.15. The van der Waals surface area contributed by atoms with Gasteiger partial charge in [-0.05, 0) is 43.7 Å². The summed E-state index contributed by atoms with van der Waals surface area (Å²) < 4.78 is 2.19. The summed E-state index contributed by atoms with van der Waals surface area (Å²) in [6.45, 7) is 2.80. The van der Waals surface area contributed by atoms with E-state index >= 15 is 0 Å². The fourth-order valence-electron chi connectivity index (χ4n) is 2.08. The number of hydrogen-bond acceptors (Lipinski definition) is 1. The van der Waals surface area contributed by atoms with Gasteiger partial charge in [0.1, 0.15) is 0 Å². The Morgan fingerprint density at radius 2 is 2.13 bits per heavy atom. The molecular formula is C12H15ClN2. The van der Waals surface area contributed by atoms with Crippen LogP contribution in [0.15, 0.2) is 18.2 Å². The Morgan fingerprint density at radius 1 is 1.40 bits per heavy atom. The van der Waals surface area contributed by atoms with Gasteiger partial charge < -0.3 is 10.3 Å². The summed E-state index contributed by atoms with van der Waals surface area (Å²) in [4.78, 5) is 0. The molecule has 0 saturated heterocycles. The number of benzene rings is 1. The number of nitrogens with two attached hydrogens (primary N) is 1. The lowest BCUT2D eigenvalue weighted by Crippen LogP contribution is -2.03. The Hall–Kier alpha value is -0.990. The fraction of sp³-hybridized carbons (Fsp3) is 0.333. The molecule has 0 aliphatic rings. The zero-order valence-corrected chi connectivity index (χ0v) is 9.80. The van der Waals surface area contributed by atoms with Gasteiger partial charge in [-0.15, -0.1) is 0 Å². The third-order valence-electron chi connectivity index (χ3n) is 2.98. The molecule has 2 rings (SSSR count). The first-order valence-corrected chi connectivity index (χ1v) is 5.46. The Bertz CT molecular complexity index is 500. The van der Waals surface area contributed by atoms with Crippen molar-refractivity contribution < 1.29 is 0 Å². The summed E-state index contributed by atoms with van der Waals surface area (Å²) in [5, 5.41) is 2.01. The topological polar surface area (TPSA) is 30.9 Å². The van der Waals surface area contributed by atoms with Crippen LogP contribution in [0.4, 0.5) is 0 Å². The second-order valence-electron chi connectivity index (χ2n) is 3.82. The number of aromatic nitrogens is 1. The summed E-state index contributed by atoms with van der Waals surface area (Å²) in [5.74, 6) is 0. The zero-order valence-electron chi connectivity index (χ0n) is 9.05. The van der Waals surface area contributed by atoms with Crippen molar-refractivity contribution in [2.24, 2.45) is 12.8 Å². The third kappa shape index (κ3) is 1.64. The number of halogens is 1. The second kappa shape index (κ2) is 3.87. The van der Waals surface area contributed by atoms with Crippen LogP contribution in [0, 0.1) is 6.92 Å². The molecule has 15 heavy (non-hydrogen) atoms. The summed E-state index contributed by atoms with van der Waals surface area (Å²) in [6.07, 6.45) is 0.906. The van der Waals surface area contributed by atoms with Gasteiger partial charge in [0.2, 0.25) is 0 Å². The predicted octanol–water partition coefficient (Wildman–Crippen LogP) is 2.64. The Kier molecular flexibility index (Phi) is 2.72. The lowest BCUT2D eigenvalue weighted by Gasteiger charge is -1.99. The molecule has 80 valence electrons. The first kappa shape index (κ1) is 10.5. The highest BCUT2D eigenvalue weighted by Gasteiger charge is 2.10. The van der Waals surface area contributed by atoms with E-state index in [2.05, 4.69) is 24.6 Å². The van der Waals surface area contributed by atoms with Crippen molar-refractivity contribution in [1.29, 1.82) is 0 Å². The predicted molar refractivity (Wildman–Crippen MR) is 65.4 cm³/mol. The minimum Gasteiger partial charge on any atom is -0.348 e. The molecule has 0 amide bonds. The fourth-order valence-corrected chi connectivity index (χ4v) is 2.25. The molecule has 0 unspecified atom stereocenters. The maximum atomic E-state index is 6.01. The lowest BCUT2D eigenvalue weighted by molar-refractivity contribution is 0.882. The maximum absolute atomic E-state index is 6.01. The Balaban J connectivity index is 2.76. The van der Waals surface area contributed by atoms with Crippen molar-refractivity contribution in [2.75, 3.05) is 6.54 Å². The molecule has 1 aromatic heterocycles. The molecule has 0 aliphatic carbocycles. The van der Waals surface area contributed by atoms with Gasteiger partial charge in [0.15, 0.2) is 0 Å². The van der Waals surface area contributed by atoms with Crippen molar-refractivity contribution in [3.63, 3.8) is 0 Å². The Labute approximate surface area is 94.6 Å². The molecule has 0 atom stereocenters. The molecule has 0 spiro atoms. The highest BCUT2D eigenvalue weighted by Crippen LogP contribution is 2.27. The summed E-state index contributed by atoms with van der Waals surface area (Å²) >= 11 is 6.01. The quantitative estimate of drug-likeness (QED) is 0.832. The van der Waals surface area contributed by atoms with Crippen LogP contribution < -0.4 is 5.73 Å². The van der Waals surface area contributed by atoms with Gasteiger partial charge in [-0.1, -0.05) is 11.6 Å². The monoisotopic (exact) mass is 222 g/mol. The van der Waals surface area contributed by atoms with E-state index in [1.54, 1.807) is 0 Å². The number of nitrogens with zero attached hydrogens (tertiary/aromatic N) is 1. The molecule has 1 heterocycles. The average molecular weight is 223 g/mol. The van der Waals surface area contributed by atoms with E-state index in [4.69, 9.17) is 17.3 Å². The van der Waals surface area contributed by atoms with Crippen LogP contribution in [0.2, 0.25) is 5.02 Å². The van der Waals surface area contributed by atoms with Gasteiger partial charge in [0, 0.05) is 28.7 Å². The van der Waals surface area contributed by atoms with Crippen molar-refractivity contribution in [1.82, 2.24) is 4.57 Å². The number of rotatable bonds is 2. The van der Waals surface area contributed by atoms with Gasteiger partial charge in [-0.2, -0.15) is 0 Å². The van der Waals surface area contributed by atoms with Crippen LogP contribution in [0.3, 0.4) is 0 Å². The van der Waals surface area contributed by atoms with Crippen LogP contribution in [-0.4, -0.2) is 11.1 Å². The normalized spacial score (nSPS) is 11.2. The first-order valence-electron chi connectivity index (χ1n) is 5.08. The molecule has 0 aliphatic heterocycles. The molecule has 0 radical (unpaired) electrons. The summed E-state index contributed by atoms with van der Waals surface area (Å²) in [5.41, 5.74) is 9.44. The molecule has 2 nitrogen and oxygen atoms in total. The van der Waals surface area contributed by atoms with E-state index in [1.807, 2.05) is 12.1 Å². The van der Waals surface area contributed by atoms with Crippen molar-refractivity contribution >= 4 is 22.5 Å². The molecule has 0 fully saturated rings. The largest absolute Gasteiger partial charge is 0.348 e. The second-order valence-corrected chi connectivity index (χ2v) is 4.26. The van der Waals surface area contributed by atoms with Crippen molar-refractivity contribution in [2.45, 2.75) is 13.3 Å². The van der Waals surface area contributed by atoms with Crippen LogP contribution in [-0.2, 0) is 13.5 Å². The average Bonchev–Trinajstić information content (AvgIpc) is 2.44. The van der Waals surface area contributed by atoms with E-state index in [-0.39, 0.29) is 0 Å². The van der Waals surface area contributed by atoms with E-state index < -0.39 is 0 Å². The van der Waals surface area contributed by atoms with Gasteiger partial charge in [0.25, 0.3) is 0 Å². The van der Waals surface area contributed by atoms with Crippen LogP contribution in [0.25, 0.3) is 10.9 Å². The smallest absolute Gasteiger partial charge is 0.0483 e. The zero-order chi connectivity index (χ0) is 11.0. The van der Waals surface area contributed by atoms with Crippen LogP contribution in [0.5, 0.6) is 0 Å². The van der Waals surface area contributed by atoms with Gasteiger partial charge in [0.05, 0.1) is 0 Å². The molecule has 1 aromatic carbocycles. The van der Waals surface area contributed by atoms with Gasteiger partial charge in [-0.3, -0.25) is 0 Å². The molecule has 3 heteroatoms. The van der Waals surface area contributed by atoms with Crippen LogP contribution >= 0.6 is 11.6 Å². The lowest BCUT2D eigenvalue weighted by atomic mass is 10.1. The standard InChI is InChI=1S/C12H15ClN2/c1-8-10(5-6-14)11-7-9(13)3-4-12(11)15(8)2/h3-4,7H,5-6,14H2,1-2H3. The molecule has 0 bridgehead atoms. The van der Waals surface area contributed by atoms with Crippen molar-refractivity contribution in [3.05, 3.63) is 34.5 Å². The number of fused-ring (bicyclic) bond motifs is 1. The number of aryl methyl sites for hydroxylation is 1. The summed E-state index contributed by atoms with van der Waals surface area (Å²) in [6, 6.07) is 6.01. The van der Waals surface area contributed by atoms with E-state index in [9.17, 15) is 0 Å². The highest BCUT2D eigenvalue weighted by molar-refractivity contribution is 6.31. The summed E-state index contributed by atoms with van der Waals surface area (Å²) in [7, 11) is 2.07. The molecule has 2 aromatic rings. The maximum Gasteiger partial charge on any atom is 0.0483 e. The molecule has 2 N–H and O–H groups in total. The van der Waals surface area contributed by atoms with E-state index in [0.29, 0.717) is 6.54 Å². The number of hydrogen-bond donors (Lipinski definition) is 1. The van der Waals surface area contributed by atoms with Crippen molar-refractivity contribution in [3.8, 4) is 0 Å². The molecular weight excluding hydrogens is 208 g/mol. The van der Waals surface area contributed by atoms with Crippen LogP contribution in [0.1, 0.15) is 11.3 Å². The minimum absolute atomic E-state index is 0.673. The van der Waals surface area contributed by atoms with E-state index in [1.165, 1.54) is 22.2 Å². The van der Waals surface area contributed by atoms with Gasteiger partial charge >= 0.3 is 0 Å². The van der Waals surface area contributed by atoms with E-state index in [0.717, 1.165) is 11.4 Å². The molecule has 0 saturated carbocycles. The third-order valence-corrected chi connectivity index (χ3v) is 3.21. The minimum atomic E-state index is 0.673. The Morgan fingerprint density at radius 3 is 2.80 bits per heavy atom. The van der Waals surface area contributed by atoms with Gasteiger partial charge in [-0.25, -0.2) is 0 Å². The SMILES string of the molecule is Cc1c(CCN)c2cc(Cl)ccc2n1C.